The standard InChI is InChI=1S/C31H31ClN4O6S/c1-31(2,3)42-30(39)36(20-29(37)38)28-8-4-7-26(34-28)27(35-43(40,41)25-6-5-17-33-19-25)18-21-9-11-22(12-10-21)23-13-15-24(32)16-14-23/h4-17,19,27,35H,18,20H2,1-3H3,(H,37,38). The zero-order valence-electron chi connectivity index (χ0n) is 23.8. The Balaban J connectivity index is 1.70. The first-order chi connectivity index (χ1) is 20.3. The number of nitrogens with zero attached hydrogens (tertiary/aromatic N) is 3. The van der Waals surface area contributed by atoms with E-state index in [0.717, 1.165) is 21.6 Å². The number of aromatic nitrogens is 2. The molecule has 0 bridgehead atoms. The van der Waals surface area contributed by atoms with Gasteiger partial charge in [-0.15, -0.1) is 0 Å². The number of nitrogens with one attached hydrogen (secondary N) is 1. The van der Waals surface area contributed by atoms with Gasteiger partial charge < -0.3 is 9.84 Å². The molecule has 0 radical (unpaired) electrons. The number of carboxylic acid groups (broad SMARTS) is 1. The van der Waals surface area contributed by atoms with Crippen molar-refractivity contribution in [2.75, 3.05) is 11.4 Å². The van der Waals surface area contributed by atoms with Gasteiger partial charge in [-0.05, 0) is 80.3 Å². The predicted molar refractivity (Wildman–Crippen MR) is 163 cm³/mol. The van der Waals surface area contributed by atoms with Gasteiger partial charge in [-0.25, -0.2) is 22.9 Å². The van der Waals surface area contributed by atoms with Crippen molar-refractivity contribution in [1.29, 1.82) is 0 Å². The zero-order chi connectivity index (χ0) is 31.2. The van der Waals surface area contributed by atoms with E-state index in [4.69, 9.17) is 16.3 Å². The molecule has 12 heteroatoms. The van der Waals surface area contributed by atoms with Gasteiger partial charge in [-0.1, -0.05) is 54.1 Å². The van der Waals surface area contributed by atoms with E-state index < -0.39 is 40.3 Å². The lowest BCUT2D eigenvalue weighted by Crippen LogP contribution is -2.40. The van der Waals surface area contributed by atoms with Crippen molar-refractivity contribution in [3.05, 3.63) is 108 Å². The number of benzene rings is 2. The Morgan fingerprint density at radius 1 is 0.977 bits per heavy atom. The van der Waals surface area contributed by atoms with Gasteiger partial charge in [0.2, 0.25) is 10.0 Å². The fourth-order valence-corrected chi connectivity index (χ4v) is 5.45. The summed E-state index contributed by atoms with van der Waals surface area (Å²) in [5.74, 6) is -1.27. The smallest absolute Gasteiger partial charge is 0.416 e. The summed E-state index contributed by atoms with van der Waals surface area (Å²) in [6.07, 6.45) is 2.01. The lowest BCUT2D eigenvalue weighted by Gasteiger charge is -2.26. The first-order valence-electron chi connectivity index (χ1n) is 13.3. The van der Waals surface area contributed by atoms with Crippen LogP contribution in [-0.4, -0.2) is 47.7 Å². The van der Waals surface area contributed by atoms with Gasteiger partial charge in [-0.2, -0.15) is 0 Å². The van der Waals surface area contributed by atoms with E-state index >= 15 is 0 Å². The van der Waals surface area contributed by atoms with Gasteiger partial charge in [0.05, 0.1) is 11.7 Å². The Morgan fingerprint density at radius 3 is 2.21 bits per heavy atom. The van der Waals surface area contributed by atoms with Crippen LogP contribution in [0.1, 0.15) is 38.1 Å². The average molecular weight is 623 g/mol. The van der Waals surface area contributed by atoms with Crippen LogP contribution in [0.2, 0.25) is 5.02 Å². The molecule has 4 aromatic rings. The average Bonchev–Trinajstić information content (AvgIpc) is 2.96. The van der Waals surface area contributed by atoms with Crippen molar-refractivity contribution >= 4 is 39.5 Å². The number of carbonyl (C=O) groups excluding carboxylic acids is 1. The molecule has 0 aliphatic rings. The fraction of sp³-hybridized carbons (Fsp3) is 0.226. The Morgan fingerprint density at radius 2 is 1.63 bits per heavy atom. The van der Waals surface area contributed by atoms with Gasteiger partial charge in [0, 0.05) is 17.4 Å². The van der Waals surface area contributed by atoms with Crippen LogP contribution in [-0.2, 0) is 26.0 Å². The minimum Gasteiger partial charge on any atom is -0.480 e. The van der Waals surface area contributed by atoms with Crippen molar-refractivity contribution < 1.29 is 27.9 Å². The quantitative estimate of drug-likeness (QED) is 0.223. The molecule has 43 heavy (non-hydrogen) atoms. The van der Waals surface area contributed by atoms with Crippen LogP contribution in [0.15, 0.2) is 96.2 Å². The topological polar surface area (TPSA) is 139 Å². The third-order valence-electron chi connectivity index (χ3n) is 6.11. The zero-order valence-corrected chi connectivity index (χ0v) is 25.3. The highest BCUT2D eigenvalue weighted by molar-refractivity contribution is 7.89. The van der Waals surface area contributed by atoms with Gasteiger partial charge in [0.1, 0.15) is 22.9 Å². The molecular formula is C31H31ClN4O6S. The number of ether oxygens (including phenoxy) is 1. The molecule has 0 saturated heterocycles. The fourth-order valence-electron chi connectivity index (χ4n) is 4.15. The molecule has 0 aliphatic heterocycles. The summed E-state index contributed by atoms with van der Waals surface area (Å²) in [6, 6.07) is 21.7. The third-order valence-corrected chi connectivity index (χ3v) is 7.82. The highest BCUT2D eigenvalue weighted by atomic mass is 35.5. The second-order valence-corrected chi connectivity index (χ2v) is 12.8. The molecule has 0 spiro atoms. The van der Waals surface area contributed by atoms with E-state index in [1.807, 2.05) is 36.4 Å². The van der Waals surface area contributed by atoms with Crippen molar-refractivity contribution in [3.8, 4) is 11.1 Å². The molecule has 224 valence electrons. The highest BCUT2D eigenvalue weighted by Gasteiger charge is 2.28. The third kappa shape index (κ3) is 8.84. The van der Waals surface area contributed by atoms with E-state index in [-0.39, 0.29) is 22.8 Å². The monoisotopic (exact) mass is 622 g/mol. The molecule has 0 aliphatic carbocycles. The maximum Gasteiger partial charge on any atom is 0.416 e. The number of hydrogen-bond acceptors (Lipinski definition) is 7. The second-order valence-electron chi connectivity index (χ2n) is 10.7. The molecule has 0 fully saturated rings. The highest BCUT2D eigenvalue weighted by Crippen LogP contribution is 2.26. The summed E-state index contributed by atoms with van der Waals surface area (Å²) in [5, 5.41) is 10.1. The van der Waals surface area contributed by atoms with Gasteiger partial charge >= 0.3 is 12.1 Å². The Kier molecular flexibility index (Phi) is 9.80. The summed E-state index contributed by atoms with van der Waals surface area (Å²) in [4.78, 5) is 33.9. The molecule has 2 N–H and O–H groups in total. The number of amides is 1. The molecule has 1 atom stereocenters. The largest absolute Gasteiger partial charge is 0.480 e. The minimum absolute atomic E-state index is 0.00203. The first-order valence-corrected chi connectivity index (χ1v) is 15.1. The van der Waals surface area contributed by atoms with Crippen LogP contribution in [0.5, 0.6) is 0 Å². The number of halogens is 1. The van der Waals surface area contributed by atoms with Crippen molar-refractivity contribution in [1.82, 2.24) is 14.7 Å². The second kappa shape index (κ2) is 13.3. The van der Waals surface area contributed by atoms with E-state index in [9.17, 15) is 23.1 Å². The number of sulfonamides is 1. The van der Waals surface area contributed by atoms with Crippen molar-refractivity contribution in [2.45, 2.75) is 43.7 Å². The summed E-state index contributed by atoms with van der Waals surface area (Å²) in [6.45, 7) is 4.28. The normalized spacial score (nSPS) is 12.4. The molecule has 1 unspecified atom stereocenters. The summed E-state index contributed by atoms with van der Waals surface area (Å²) >= 11 is 6.01. The lowest BCUT2D eigenvalue weighted by molar-refractivity contribution is -0.135. The Labute approximate surface area is 255 Å². The predicted octanol–water partition coefficient (Wildman–Crippen LogP) is 5.89. The van der Waals surface area contributed by atoms with E-state index in [1.54, 1.807) is 45.0 Å². The maximum absolute atomic E-state index is 13.4. The van der Waals surface area contributed by atoms with Gasteiger partial charge in [0.15, 0.2) is 0 Å². The summed E-state index contributed by atoms with van der Waals surface area (Å²) < 4.78 is 34.8. The van der Waals surface area contributed by atoms with E-state index in [0.29, 0.717) is 5.02 Å². The Hall–Kier alpha value is -4.32. The number of pyridine rings is 2. The van der Waals surface area contributed by atoms with E-state index in [2.05, 4.69) is 14.7 Å². The SMILES string of the molecule is CC(C)(C)OC(=O)N(CC(=O)O)c1cccc(C(Cc2ccc(-c3ccc(Cl)cc3)cc2)NS(=O)(=O)c2cccnc2)n1. The summed E-state index contributed by atoms with van der Waals surface area (Å²) in [7, 11) is -4.04. The number of hydrogen-bond donors (Lipinski definition) is 2. The molecule has 1 amide bonds. The molecule has 10 nitrogen and oxygen atoms in total. The van der Waals surface area contributed by atoms with Gasteiger partial charge in [-0.3, -0.25) is 14.7 Å². The van der Waals surface area contributed by atoms with Gasteiger partial charge in [0.25, 0.3) is 0 Å². The molecule has 2 aromatic heterocycles. The lowest BCUT2D eigenvalue weighted by atomic mass is 9.99. The number of carboxylic acids is 1. The minimum atomic E-state index is -4.04. The number of rotatable bonds is 10. The van der Waals surface area contributed by atoms with Crippen LogP contribution >= 0.6 is 11.6 Å². The van der Waals surface area contributed by atoms with Crippen molar-refractivity contribution in [3.63, 3.8) is 0 Å². The van der Waals surface area contributed by atoms with Crippen LogP contribution in [0.3, 0.4) is 0 Å². The molecule has 4 rings (SSSR count). The number of anilines is 1. The maximum atomic E-state index is 13.4. The van der Waals surface area contributed by atoms with Crippen LogP contribution in [0.4, 0.5) is 10.6 Å². The Bertz CT molecular complexity index is 1680. The number of carbonyl (C=O) groups is 2. The van der Waals surface area contributed by atoms with E-state index in [1.165, 1.54) is 30.6 Å². The van der Waals surface area contributed by atoms with Crippen molar-refractivity contribution in [2.24, 2.45) is 0 Å². The molecule has 0 saturated carbocycles. The number of aliphatic carboxylic acids is 1. The van der Waals surface area contributed by atoms with Crippen LogP contribution < -0.4 is 9.62 Å². The summed E-state index contributed by atoms with van der Waals surface area (Å²) in [5.41, 5.74) is 2.12. The van der Waals surface area contributed by atoms with Crippen LogP contribution in [0, 0.1) is 0 Å². The van der Waals surface area contributed by atoms with Crippen LogP contribution in [0.25, 0.3) is 11.1 Å². The first kappa shape index (κ1) is 31.6. The molecule has 2 heterocycles. The molecular weight excluding hydrogens is 592 g/mol. The molecule has 2 aromatic carbocycles.